The summed E-state index contributed by atoms with van der Waals surface area (Å²) in [7, 11) is 0. The summed E-state index contributed by atoms with van der Waals surface area (Å²) in [5, 5.41) is 10.5. The highest BCUT2D eigenvalue weighted by Gasteiger charge is 2.55. The first kappa shape index (κ1) is 19.6. The van der Waals surface area contributed by atoms with Gasteiger partial charge in [-0.15, -0.1) is 0 Å². The Kier molecular flexibility index (Phi) is 5.68. The predicted molar refractivity (Wildman–Crippen MR) is 90.4 cm³/mol. The molecule has 3 N–H and O–H groups in total. The number of nitrogens with two attached hydrogens (primary N) is 1. The third kappa shape index (κ3) is 4.89. The SMILES string of the molecule is CC(C)(C)OC(=O)N1CCC(F)(F)C1C(O)C(N)Cc1ccccc1. The van der Waals surface area contributed by atoms with Crippen LogP contribution in [0, 0.1) is 0 Å². The van der Waals surface area contributed by atoms with Crippen LogP contribution in [-0.2, 0) is 11.2 Å². The van der Waals surface area contributed by atoms with Crippen molar-refractivity contribution in [3.63, 3.8) is 0 Å². The largest absolute Gasteiger partial charge is 0.444 e. The average molecular weight is 356 g/mol. The van der Waals surface area contributed by atoms with E-state index in [4.69, 9.17) is 10.5 Å². The summed E-state index contributed by atoms with van der Waals surface area (Å²) in [6.45, 7) is 4.80. The fourth-order valence-electron chi connectivity index (χ4n) is 2.99. The number of ether oxygens (including phenoxy) is 1. The van der Waals surface area contributed by atoms with E-state index in [9.17, 15) is 18.7 Å². The third-order valence-corrected chi connectivity index (χ3v) is 4.16. The molecule has 2 rings (SSSR count). The number of likely N-dealkylation sites (tertiary alicyclic amines) is 1. The van der Waals surface area contributed by atoms with Gasteiger partial charge in [0.05, 0.1) is 6.10 Å². The molecule has 25 heavy (non-hydrogen) atoms. The Hall–Kier alpha value is -1.73. The van der Waals surface area contributed by atoms with Crippen LogP contribution in [0.2, 0.25) is 0 Å². The molecule has 1 aliphatic heterocycles. The lowest BCUT2D eigenvalue weighted by Gasteiger charge is -2.35. The van der Waals surface area contributed by atoms with E-state index in [2.05, 4.69) is 0 Å². The molecular weight excluding hydrogens is 330 g/mol. The molecule has 0 saturated carbocycles. The van der Waals surface area contributed by atoms with Gasteiger partial charge in [0, 0.05) is 19.0 Å². The smallest absolute Gasteiger partial charge is 0.410 e. The van der Waals surface area contributed by atoms with E-state index in [0.29, 0.717) is 0 Å². The number of carbonyl (C=O) groups excluding carboxylic acids is 1. The standard InChI is InChI=1S/C18H26F2N2O3/c1-17(2,3)25-16(24)22-10-9-18(19,20)15(22)14(23)13(21)11-12-7-5-4-6-8-12/h4-8,13-15,23H,9-11,21H2,1-3H3. The van der Waals surface area contributed by atoms with Gasteiger partial charge in [-0.25, -0.2) is 13.6 Å². The molecule has 1 saturated heterocycles. The predicted octanol–water partition coefficient (Wildman–Crippen LogP) is 2.56. The first-order chi connectivity index (χ1) is 11.5. The van der Waals surface area contributed by atoms with Crippen LogP contribution in [0.1, 0.15) is 32.8 Å². The normalized spacial score (nSPS) is 22.5. The Morgan fingerprint density at radius 1 is 1.40 bits per heavy atom. The number of nitrogens with zero attached hydrogens (tertiary/aromatic N) is 1. The Morgan fingerprint density at radius 3 is 2.56 bits per heavy atom. The van der Waals surface area contributed by atoms with Crippen molar-refractivity contribution in [2.24, 2.45) is 5.73 Å². The third-order valence-electron chi connectivity index (χ3n) is 4.16. The zero-order valence-electron chi connectivity index (χ0n) is 14.8. The van der Waals surface area contributed by atoms with Crippen LogP contribution in [0.15, 0.2) is 30.3 Å². The molecule has 1 aliphatic rings. The van der Waals surface area contributed by atoms with Gasteiger partial charge in [0.2, 0.25) is 0 Å². The maximum Gasteiger partial charge on any atom is 0.410 e. The molecule has 1 aromatic carbocycles. The summed E-state index contributed by atoms with van der Waals surface area (Å²) in [5.74, 6) is -3.22. The van der Waals surface area contributed by atoms with Gasteiger partial charge in [0.15, 0.2) is 0 Å². The number of aliphatic hydroxyl groups is 1. The number of halogens is 2. The van der Waals surface area contributed by atoms with Gasteiger partial charge in [-0.1, -0.05) is 30.3 Å². The quantitative estimate of drug-likeness (QED) is 0.869. The zero-order chi connectivity index (χ0) is 18.8. The molecule has 3 atom stereocenters. The van der Waals surface area contributed by atoms with Crippen molar-refractivity contribution in [3.8, 4) is 0 Å². The fraction of sp³-hybridized carbons (Fsp3) is 0.611. The molecule has 0 bridgehead atoms. The minimum absolute atomic E-state index is 0.179. The maximum atomic E-state index is 14.3. The molecule has 1 aromatic rings. The van der Waals surface area contributed by atoms with Crippen molar-refractivity contribution in [1.82, 2.24) is 4.90 Å². The molecule has 1 amide bonds. The van der Waals surface area contributed by atoms with Gasteiger partial charge in [-0.2, -0.15) is 0 Å². The van der Waals surface area contributed by atoms with Crippen molar-refractivity contribution in [1.29, 1.82) is 0 Å². The Labute approximate surface area is 146 Å². The van der Waals surface area contributed by atoms with E-state index in [1.54, 1.807) is 20.8 Å². The molecule has 1 heterocycles. The molecule has 7 heteroatoms. The zero-order valence-corrected chi connectivity index (χ0v) is 14.8. The molecule has 0 aromatic heterocycles. The second-order valence-electron chi connectivity index (χ2n) is 7.47. The van der Waals surface area contributed by atoms with E-state index in [1.807, 2.05) is 30.3 Å². The van der Waals surface area contributed by atoms with Gasteiger partial charge in [-0.3, -0.25) is 4.90 Å². The second kappa shape index (κ2) is 7.25. The number of alkyl halides is 2. The number of hydrogen-bond donors (Lipinski definition) is 2. The summed E-state index contributed by atoms with van der Waals surface area (Å²) in [6, 6.07) is 6.45. The summed E-state index contributed by atoms with van der Waals surface area (Å²) in [5.41, 5.74) is 6.00. The van der Waals surface area contributed by atoms with Crippen LogP contribution in [0.5, 0.6) is 0 Å². The minimum atomic E-state index is -3.22. The lowest BCUT2D eigenvalue weighted by Crippen LogP contribution is -2.57. The van der Waals surface area contributed by atoms with Crippen molar-refractivity contribution < 1.29 is 23.4 Å². The van der Waals surface area contributed by atoms with Crippen molar-refractivity contribution >= 4 is 6.09 Å². The maximum absolute atomic E-state index is 14.3. The summed E-state index contributed by atoms with van der Waals surface area (Å²) < 4.78 is 33.9. The van der Waals surface area contributed by atoms with Crippen LogP contribution in [0.4, 0.5) is 13.6 Å². The highest BCUT2D eigenvalue weighted by Crippen LogP contribution is 2.37. The molecule has 0 radical (unpaired) electrons. The fourth-order valence-corrected chi connectivity index (χ4v) is 2.99. The van der Waals surface area contributed by atoms with Crippen LogP contribution in [-0.4, -0.2) is 52.4 Å². The van der Waals surface area contributed by atoms with Gasteiger partial charge in [0.25, 0.3) is 5.92 Å². The molecule has 5 nitrogen and oxygen atoms in total. The minimum Gasteiger partial charge on any atom is -0.444 e. The summed E-state index contributed by atoms with van der Waals surface area (Å²) in [6.07, 6.45) is -2.71. The number of rotatable bonds is 4. The Bertz CT molecular complexity index is 590. The first-order valence-corrected chi connectivity index (χ1v) is 8.36. The van der Waals surface area contributed by atoms with E-state index in [1.165, 1.54) is 0 Å². The van der Waals surface area contributed by atoms with Crippen molar-refractivity contribution in [3.05, 3.63) is 35.9 Å². The lowest BCUT2D eigenvalue weighted by molar-refractivity contribution is -0.0880. The monoisotopic (exact) mass is 356 g/mol. The molecule has 1 fully saturated rings. The van der Waals surface area contributed by atoms with Gasteiger partial charge in [-0.05, 0) is 32.8 Å². The van der Waals surface area contributed by atoms with Crippen LogP contribution >= 0.6 is 0 Å². The molecule has 0 spiro atoms. The van der Waals surface area contributed by atoms with E-state index in [-0.39, 0.29) is 13.0 Å². The molecule has 0 aliphatic carbocycles. The van der Waals surface area contributed by atoms with Crippen molar-refractivity contribution in [2.45, 2.75) is 63.3 Å². The highest BCUT2D eigenvalue weighted by atomic mass is 19.3. The number of hydrogen-bond acceptors (Lipinski definition) is 4. The Balaban J connectivity index is 2.15. The van der Waals surface area contributed by atoms with Gasteiger partial charge < -0.3 is 15.6 Å². The Morgan fingerprint density at radius 2 is 2.00 bits per heavy atom. The number of amides is 1. The number of benzene rings is 1. The molecule has 3 unspecified atom stereocenters. The highest BCUT2D eigenvalue weighted by molar-refractivity contribution is 5.69. The van der Waals surface area contributed by atoms with Crippen molar-refractivity contribution in [2.75, 3.05) is 6.54 Å². The molecule has 140 valence electrons. The summed E-state index contributed by atoms with van der Waals surface area (Å²) >= 11 is 0. The molecular formula is C18H26F2N2O3. The number of carbonyl (C=O) groups is 1. The van der Waals surface area contributed by atoms with Crippen LogP contribution < -0.4 is 5.73 Å². The summed E-state index contributed by atoms with van der Waals surface area (Å²) in [4.78, 5) is 13.2. The average Bonchev–Trinajstić information content (AvgIpc) is 2.81. The lowest BCUT2D eigenvalue weighted by atomic mass is 9.94. The van der Waals surface area contributed by atoms with E-state index < -0.39 is 42.2 Å². The van der Waals surface area contributed by atoms with Gasteiger partial charge in [0.1, 0.15) is 11.6 Å². The van der Waals surface area contributed by atoms with Crippen LogP contribution in [0.25, 0.3) is 0 Å². The topological polar surface area (TPSA) is 75.8 Å². The van der Waals surface area contributed by atoms with E-state index >= 15 is 0 Å². The van der Waals surface area contributed by atoms with E-state index in [0.717, 1.165) is 10.5 Å². The second-order valence-corrected chi connectivity index (χ2v) is 7.47. The number of aliphatic hydroxyl groups excluding tert-OH is 1. The van der Waals surface area contributed by atoms with Gasteiger partial charge >= 0.3 is 6.09 Å². The van der Waals surface area contributed by atoms with Crippen LogP contribution in [0.3, 0.4) is 0 Å². The first-order valence-electron chi connectivity index (χ1n) is 8.36.